The Morgan fingerprint density at radius 1 is 1.21 bits per heavy atom. The zero-order valence-electron chi connectivity index (χ0n) is 11.3. The van der Waals surface area contributed by atoms with Crippen molar-refractivity contribution in [3.63, 3.8) is 0 Å². The zero-order valence-corrected chi connectivity index (χ0v) is 11.3. The number of anilines is 1. The lowest BCUT2D eigenvalue weighted by atomic mass is 10.2. The molecule has 1 aromatic carbocycles. The molecule has 0 fully saturated rings. The van der Waals surface area contributed by atoms with Crippen LogP contribution >= 0.6 is 0 Å². The van der Waals surface area contributed by atoms with Gasteiger partial charge in [-0.05, 0) is 19.1 Å². The van der Waals surface area contributed by atoms with Crippen LogP contribution in [0.3, 0.4) is 0 Å². The van der Waals surface area contributed by atoms with Crippen molar-refractivity contribution in [2.75, 3.05) is 25.0 Å². The monoisotopic (exact) mass is 256 g/mol. The van der Waals surface area contributed by atoms with Crippen LogP contribution in [0.2, 0.25) is 0 Å². The van der Waals surface area contributed by atoms with Crippen molar-refractivity contribution in [1.29, 1.82) is 0 Å². The van der Waals surface area contributed by atoms with Gasteiger partial charge in [0.15, 0.2) is 0 Å². The van der Waals surface area contributed by atoms with Gasteiger partial charge in [0, 0.05) is 44.3 Å². The van der Waals surface area contributed by atoms with E-state index in [0.29, 0.717) is 0 Å². The second kappa shape index (κ2) is 5.45. The summed E-state index contributed by atoms with van der Waals surface area (Å²) in [5.74, 6) is 1.18. The Labute approximate surface area is 114 Å². The Hall–Kier alpha value is -1.81. The number of aryl methyl sites for hydroxylation is 1. The summed E-state index contributed by atoms with van der Waals surface area (Å²) in [5, 5.41) is 3.47. The summed E-state index contributed by atoms with van der Waals surface area (Å²) in [7, 11) is 0. The molecule has 2 aromatic rings. The van der Waals surface area contributed by atoms with Crippen molar-refractivity contribution in [2.45, 2.75) is 20.0 Å². The maximum atomic E-state index is 4.38. The third kappa shape index (κ3) is 2.96. The van der Waals surface area contributed by atoms with E-state index in [0.717, 1.165) is 32.7 Å². The molecule has 1 aromatic heterocycles. The molecule has 1 aliphatic heterocycles. The predicted molar refractivity (Wildman–Crippen MR) is 77.2 cm³/mol. The Bertz CT molecular complexity index is 529. The number of imidazole rings is 1. The van der Waals surface area contributed by atoms with Crippen LogP contribution in [0.5, 0.6) is 0 Å². The summed E-state index contributed by atoms with van der Waals surface area (Å²) in [6, 6.07) is 8.55. The minimum absolute atomic E-state index is 0.961. The van der Waals surface area contributed by atoms with Gasteiger partial charge in [-0.2, -0.15) is 0 Å². The molecule has 0 atom stereocenters. The van der Waals surface area contributed by atoms with Gasteiger partial charge in [0.25, 0.3) is 0 Å². The Morgan fingerprint density at radius 2 is 2.05 bits per heavy atom. The summed E-state index contributed by atoms with van der Waals surface area (Å²) in [6.45, 7) is 7.27. The van der Waals surface area contributed by atoms with Crippen LogP contribution in [0, 0.1) is 6.92 Å². The van der Waals surface area contributed by atoms with E-state index in [-0.39, 0.29) is 0 Å². The van der Waals surface area contributed by atoms with E-state index in [4.69, 9.17) is 0 Å². The largest absolute Gasteiger partial charge is 0.384 e. The van der Waals surface area contributed by atoms with Crippen molar-refractivity contribution < 1.29 is 0 Å². The van der Waals surface area contributed by atoms with Crippen molar-refractivity contribution in [2.24, 2.45) is 0 Å². The molecule has 0 saturated carbocycles. The first-order valence-electron chi connectivity index (χ1n) is 6.84. The highest BCUT2D eigenvalue weighted by atomic mass is 15.2. The second-order valence-electron chi connectivity index (χ2n) is 5.11. The number of rotatable bonds is 4. The number of hydrogen-bond donors (Lipinski definition) is 1. The molecule has 0 saturated heterocycles. The van der Waals surface area contributed by atoms with E-state index in [1.807, 2.05) is 6.20 Å². The normalized spacial score (nSPS) is 15.2. The third-order valence-corrected chi connectivity index (χ3v) is 3.63. The van der Waals surface area contributed by atoms with E-state index < -0.39 is 0 Å². The topological polar surface area (TPSA) is 33.1 Å². The number of hydrogen-bond acceptors (Lipinski definition) is 3. The van der Waals surface area contributed by atoms with Crippen LogP contribution in [0.15, 0.2) is 36.7 Å². The summed E-state index contributed by atoms with van der Waals surface area (Å²) in [4.78, 5) is 6.83. The lowest BCUT2D eigenvalue weighted by molar-refractivity contribution is 0.225. The number of nitrogens with one attached hydrogen (secondary N) is 1. The molecular weight excluding hydrogens is 236 g/mol. The number of fused-ring (bicyclic) bond motifs is 1. The summed E-state index contributed by atoms with van der Waals surface area (Å²) in [6.07, 6.45) is 3.96. The molecule has 100 valence electrons. The third-order valence-electron chi connectivity index (χ3n) is 3.63. The standard InChI is InChI=1S/C15H20N4/c1-13-2-4-14(5-3-13)16-6-8-18-10-11-19-9-7-17-15(19)12-18/h2-5,7,9,16H,6,8,10-12H2,1H3. The molecular formula is C15H20N4. The molecule has 19 heavy (non-hydrogen) atoms. The lowest BCUT2D eigenvalue weighted by Crippen LogP contribution is -2.36. The molecule has 0 bridgehead atoms. The van der Waals surface area contributed by atoms with Crippen molar-refractivity contribution >= 4 is 5.69 Å². The van der Waals surface area contributed by atoms with E-state index in [2.05, 4.69) is 57.2 Å². The first kappa shape index (κ1) is 12.2. The van der Waals surface area contributed by atoms with Gasteiger partial charge >= 0.3 is 0 Å². The maximum Gasteiger partial charge on any atom is 0.122 e. The van der Waals surface area contributed by atoms with Gasteiger partial charge in [-0.25, -0.2) is 4.98 Å². The molecule has 1 N–H and O–H groups in total. The van der Waals surface area contributed by atoms with Crippen LogP contribution < -0.4 is 5.32 Å². The highest BCUT2D eigenvalue weighted by Crippen LogP contribution is 2.11. The molecule has 0 unspecified atom stereocenters. The molecule has 4 heteroatoms. The van der Waals surface area contributed by atoms with Crippen molar-refractivity contribution in [1.82, 2.24) is 14.5 Å². The van der Waals surface area contributed by atoms with Gasteiger partial charge in [0.1, 0.15) is 5.82 Å². The van der Waals surface area contributed by atoms with E-state index in [9.17, 15) is 0 Å². The average molecular weight is 256 g/mol. The number of benzene rings is 1. The van der Waals surface area contributed by atoms with Crippen LogP contribution in [0.4, 0.5) is 5.69 Å². The summed E-state index contributed by atoms with van der Waals surface area (Å²) >= 11 is 0. The molecule has 0 aliphatic carbocycles. The van der Waals surface area contributed by atoms with Gasteiger partial charge in [-0.3, -0.25) is 4.90 Å². The Balaban J connectivity index is 1.47. The number of aromatic nitrogens is 2. The molecule has 0 spiro atoms. The van der Waals surface area contributed by atoms with Crippen LogP contribution in [0.1, 0.15) is 11.4 Å². The van der Waals surface area contributed by atoms with Gasteiger partial charge in [0.2, 0.25) is 0 Å². The van der Waals surface area contributed by atoms with Crippen molar-refractivity contribution in [3.8, 4) is 0 Å². The summed E-state index contributed by atoms with van der Waals surface area (Å²) < 4.78 is 2.24. The van der Waals surface area contributed by atoms with Gasteiger partial charge in [0.05, 0.1) is 6.54 Å². The molecule has 4 nitrogen and oxygen atoms in total. The molecule has 0 radical (unpaired) electrons. The lowest BCUT2D eigenvalue weighted by Gasteiger charge is -2.27. The zero-order chi connectivity index (χ0) is 13.1. The van der Waals surface area contributed by atoms with Crippen LogP contribution in [-0.4, -0.2) is 34.1 Å². The molecule has 1 aliphatic rings. The maximum absolute atomic E-state index is 4.38. The van der Waals surface area contributed by atoms with Crippen molar-refractivity contribution in [3.05, 3.63) is 48.0 Å². The van der Waals surface area contributed by atoms with E-state index in [1.165, 1.54) is 17.1 Å². The van der Waals surface area contributed by atoms with Crippen LogP contribution in [0.25, 0.3) is 0 Å². The predicted octanol–water partition coefficient (Wildman–Crippen LogP) is 2.12. The molecule has 3 rings (SSSR count). The van der Waals surface area contributed by atoms with Gasteiger partial charge in [-0.1, -0.05) is 17.7 Å². The molecule has 2 heterocycles. The minimum Gasteiger partial charge on any atom is -0.384 e. The van der Waals surface area contributed by atoms with E-state index >= 15 is 0 Å². The first-order valence-corrected chi connectivity index (χ1v) is 6.84. The highest BCUT2D eigenvalue weighted by Gasteiger charge is 2.15. The first-order chi connectivity index (χ1) is 9.31. The van der Waals surface area contributed by atoms with Gasteiger partial charge < -0.3 is 9.88 Å². The molecule has 0 amide bonds. The second-order valence-corrected chi connectivity index (χ2v) is 5.11. The summed E-state index contributed by atoms with van der Waals surface area (Å²) in [5.41, 5.74) is 2.50. The average Bonchev–Trinajstić information content (AvgIpc) is 2.88. The fourth-order valence-corrected chi connectivity index (χ4v) is 2.44. The minimum atomic E-state index is 0.961. The quantitative estimate of drug-likeness (QED) is 0.909. The Kier molecular flexibility index (Phi) is 3.51. The van der Waals surface area contributed by atoms with Crippen LogP contribution in [-0.2, 0) is 13.1 Å². The SMILES string of the molecule is Cc1ccc(NCCN2CCn3ccnc3C2)cc1. The number of nitrogens with zero attached hydrogens (tertiary/aromatic N) is 3. The fourth-order valence-electron chi connectivity index (χ4n) is 2.44. The Morgan fingerprint density at radius 3 is 2.89 bits per heavy atom. The smallest absolute Gasteiger partial charge is 0.122 e. The van der Waals surface area contributed by atoms with Gasteiger partial charge in [-0.15, -0.1) is 0 Å². The highest BCUT2D eigenvalue weighted by molar-refractivity contribution is 5.44. The fraction of sp³-hybridized carbons (Fsp3) is 0.400. The van der Waals surface area contributed by atoms with E-state index in [1.54, 1.807) is 0 Å².